The minimum atomic E-state index is 0.172. The number of aliphatic hydroxyl groups is 1. The molecule has 1 N–H and O–H groups in total. The molecule has 1 heterocycles. The summed E-state index contributed by atoms with van der Waals surface area (Å²) in [7, 11) is 0. The summed E-state index contributed by atoms with van der Waals surface area (Å²) in [6.07, 6.45) is 6.57. The van der Waals surface area contributed by atoms with Crippen LogP contribution in [0.2, 0.25) is 0 Å². The maximum absolute atomic E-state index is 8.62. The van der Waals surface area contributed by atoms with E-state index in [0.717, 1.165) is 5.92 Å². The smallest absolute Gasteiger partial charge is 0.0640 e. The third-order valence-electron chi connectivity index (χ3n) is 2.03. The molecule has 0 unspecified atom stereocenters. The number of aliphatic hydroxyl groups excluding tert-OH is 1. The van der Waals surface area contributed by atoms with E-state index < -0.39 is 0 Å². The van der Waals surface area contributed by atoms with Crippen molar-refractivity contribution in [2.45, 2.75) is 25.3 Å². The molecule has 0 bridgehead atoms. The van der Waals surface area contributed by atoms with Crippen LogP contribution >= 0.6 is 0 Å². The SMILES string of the molecule is OCCn1cc(C2CC2)cn1. The second kappa shape index (κ2) is 2.66. The van der Waals surface area contributed by atoms with Crippen molar-refractivity contribution in [3.05, 3.63) is 18.0 Å². The van der Waals surface area contributed by atoms with Gasteiger partial charge in [0.2, 0.25) is 0 Å². The van der Waals surface area contributed by atoms with Gasteiger partial charge in [0, 0.05) is 6.20 Å². The molecule has 0 spiro atoms. The number of aromatic nitrogens is 2. The molecule has 0 amide bonds. The van der Waals surface area contributed by atoms with Crippen LogP contribution in [0.3, 0.4) is 0 Å². The first-order valence-corrected chi connectivity index (χ1v) is 4.03. The molecule has 1 aliphatic carbocycles. The van der Waals surface area contributed by atoms with Gasteiger partial charge in [-0.3, -0.25) is 4.68 Å². The Morgan fingerprint density at radius 3 is 3.09 bits per heavy atom. The van der Waals surface area contributed by atoms with Gasteiger partial charge in [-0.15, -0.1) is 0 Å². The molecule has 0 saturated heterocycles. The maximum Gasteiger partial charge on any atom is 0.0640 e. The number of nitrogens with zero attached hydrogens (tertiary/aromatic N) is 2. The van der Waals surface area contributed by atoms with Crippen LogP contribution < -0.4 is 0 Å². The lowest BCUT2D eigenvalue weighted by Crippen LogP contribution is -2.01. The fourth-order valence-corrected chi connectivity index (χ4v) is 1.23. The Bertz CT molecular complexity index is 240. The minimum absolute atomic E-state index is 0.172. The molecule has 0 aromatic carbocycles. The second-order valence-corrected chi connectivity index (χ2v) is 3.03. The minimum Gasteiger partial charge on any atom is -0.394 e. The first-order valence-electron chi connectivity index (χ1n) is 4.03. The van der Waals surface area contributed by atoms with Crippen LogP contribution in [0.1, 0.15) is 24.3 Å². The first-order chi connectivity index (χ1) is 5.40. The van der Waals surface area contributed by atoms with E-state index in [1.54, 1.807) is 4.68 Å². The molecule has 11 heavy (non-hydrogen) atoms. The van der Waals surface area contributed by atoms with Crippen molar-refractivity contribution in [1.82, 2.24) is 9.78 Å². The molecule has 60 valence electrons. The van der Waals surface area contributed by atoms with Crippen LogP contribution in [0, 0.1) is 0 Å². The van der Waals surface area contributed by atoms with Crippen LogP contribution in [0.25, 0.3) is 0 Å². The van der Waals surface area contributed by atoms with Crippen molar-refractivity contribution < 1.29 is 5.11 Å². The van der Waals surface area contributed by atoms with Crippen molar-refractivity contribution in [2.24, 2.45) is 0 Å². The van der Waals surface area contributed by atoms with E-state index in [1.165, 1.54) is 18.4 Å². The third kappa shape index (κ3) is 1.43. The number of hydrogen-bond donors (Lipinski definition) is 1. The van der Waals surface area contributed by atoms with Crippen LogP contribution in [-0.4, -0.2) is 21.5 Å². The van der Waals surface area contributed by atoms with Crippen LogP contribution in [0.4, 0.5) is 0 Å². The van der Waals surface area contributed by atoms with Crippen molar-refractivity contribution in [2.75, 3.05) is 6.61 Å². The fourth-order valence-electron chi connectivity index (χ4n) is 1.23. The Hall–Kier alpha value is -0.830. The fraction of sp³-hybridized carbons (Fsp3) is 0.625. The summed E-state index contributed by atoms with van der Waals surface area (Å²) < 4.78 is 1.80. The van der Waals surface area contributed by atoms with Gasteiger partial charge in [0.25, 0.3) is 0 Å². The molecule has 0 radical (unpaired) electrons. The van der Waals surface area contributed by atoms with Crippen LogP contribution in [-0.2, 0) is 6.54 Å². The van der Waals surface area contributed by atoms with E-state index in [4.69, 9.17) is 5.11 Å². The zero-order chi connectivity index (χ0) is 7.68. The molecule has 1 aromatic rings. The zero-order valence-electron chi connectivity index (χ0n) is 6.40. The maximum atomic E-state index is 8.62. The summed E-state index contributed by atoms with van der Waals surface area (Å²) in [4.78, 5) is 0. The van der Waals surface area contributed by atoms with E-state index in [0.29, 0.717) is 6.54 Å². The molecule has 1 aliphatic rings. The van der Waals surface area contributed by atoms with Crippen molar-refractivity contribution >= 4 is 0 Å². The lowest BCUT2D eigenvalue weighted by molar-refractivity contribution is 0.269. The number of hydrogen-bond acceptors (Lipinski definition) is 2. The monoisotopic (exact) mass is 152 g/mol. The molecule has 1 fully saturated rings. The summed E-state index contributed by atoms with van der Waals surface area (Å²) >= 11 is 0. The van der Waals surface area contributed by atoms with E-state index in [-0.39, 0.29) is 6.61 Å². The van der Waals surface area contributed by atoms with Crippen molar-refractivity contribution in [1.29, 1.82) is 0 Å². The Morgan fingerprint density at radius 2 is 2.45 bits per heavy atom. The molecule has 3 heteroatoms. The van der Waals surface area contributed by atoms with Crippen molar-refractivity contribution in [3.63, 3.8) is 0 Å². The second-order valence-electron chi connectivity index (χ2n) is 3.03. The van der Waals surface area contributed by atoms with Gasteiger partial charge in [-0.05, 0) is 24.3 Å². The Morgan fingerprint density at radius 1 is 1.64 bits per heavy atom. The molecule has 0 aliphatic heterocycles. The van der Waals surface area contributed by atoms with Gasteiger partial charge in [0.1, 0.15) is 0 Å². The van der Waals surface area contributed by atoms with Gasteiger partial charge >= 0.3 is 0 Å². The quantitative estimate of drug-likeness (QED) is 0.694. The van der Waals surface area contributed by atoms with E-state index in [2.05, 4.69) is 5.10 Å². The molecular formula is C8H12N2O. The number of rotatable bonds is 3. The average Bonchev–Trinajstić information content (AvgIpc) is 2.75. The van der Waals surface area contributed by atoms with Gasteiger partial charge in [-0.25, -0.2) is 0 Å². The first kappa shape index (κ1) is 6.85. The van der Waals surface area contributed by atoms with Gasteiger partial charge in [-0.1, -0.05) is 0 Å². The lowest BCUT2D eigenvalue weighted by atomic mass is 10.2. The Balaban J connectivity index is 2.06. The van der Waals surface area contributed by atoms with Gasteiger partial charge in [-0.2, -0.15) is 5.10 Å². The van der Waals surface area contributed by atoms with Gasteiger partial charge in [0.05, 0.1) is 19.3 Å². The Kier molecular flexibility index (Phi) is 1.66. The predicted octanol–water partition coefficient (Wildman–Crippen LogP) is 0.753. The summed E-state index contributed by atoms with van der Waals surface area (Å²) in [6, 6.07) is 0. The van der Waals surface area contributed by atoms with Gasteiger partial charge in [0.15, 0.2) is 0 Å². The van der Waals surface area contributed by atoms with E-state index >= 15 is 0 Å². The standard InChI is InChI=1S/C8H12N2O/c11-4-3-10-6-8(5-9-10)7-1-2-7/h5-7,11H,1-4H2. The highest BCUT2D eigenvalue weighted by Gasteiger charge is 2.24. The molecule has 0 atom stereocenters. The summed E-state index contributed by atoms with van der Waals surface area (Å²) in [5.74, 6) is 0.766. The summed E-state index contributed by atoms with van der Waals surface area (Å²) in [5.41, 5.74) is 1.33. The highest BCUT2D eigenvalue weighted by Crippen LogP contribution is 2.39. The van der Waals surface area contributed by atoms with E-state index in [1.807, 2.05) is 12.4 Å². The van der Waals surface area contributed by atoms with Gasteiger partial charge < -0.3 is 5.11 Å². The normalized spacial score (nSPS) is 17.2. The largest absolute Gasteiger partial charge is 0.394 e. The van der Waals surface area contributed by atoms with Crippen LogP contribution in [0.15, 0.2) is 12.4 Å². The van der Waals surface area contributed by atoms with E-state index in [9.17, 15) is 0 Å². The summed E-state index contributed by atoms with van der Waals surface area (Å²) in [5, 5.41) is 12.7. The highest BCUT2D eigenvalue weighted by atomic mass is 16.3. The predicted molar refractivity (Wildman–Crippen MR) is 41.3 cm³/mol. The topological polar surface area (TPSA) is 38.0 Å². The molecule has 1 aromatic heterocycles. The molecule has 2 rings (SSSR count). The highest BCUT2D eigenvalue weighted by molar-refractivity contribution is 5.16. The summed E-state index contributed by atoms with van der Waals surface area (Å²) in [6.45, 7) is 0.790. The lowest BCUT2D eigenvalue weighted by Gasteiger charge is -1.93. The molecule has 1 saturated carbocycles. The Labute approximate surface area is 65.7 Å². The molecular weight excluding hydrogens is 140 g/mol. The van der Waals surface area contributed by atoms with Crippen LogP contribution in [0.5, 0.6) is 0 Å². The molecule has 3 nitrogen and oxygen atoms in total. The third-order valence-corrected chi connectivity index (χ3v) is 2.03. The zero-order valence-corrected chi connectivity index (χ0v) is 6.40. The average molecular weight is 152 g/mol. The van der Waals surface area contributed by atoms with Crippen molar-refractivity contribution in [3.8, 4) is 0 Å².